The highest BCUT2D eigenvalue weighted by Crippen LogP contribution is 2.04. The average molecular weight is 222 g/mol. The quantitative estimate of drug-likeness (QED) is 0.564. The number of hydrogen-bond donors (Lipinski definition) is 2. The molecule has 0 aliphatic carbocycles. The zero-order chi connectivity index (χ0) is 10.6. The molecule has 0 saturated carbocycles. The van der Waals surface area contributed by atoms with E-state index in [1.165, 1.54) is 7.11 Å². The van der Waals surface area contributed by atoms with Gasteiger partial charge in [0.2, 0.25) is 5.91 Å². The molecule has 14 heavy (non-hydrogen) atoms. The molecule has 0 aromatic carbocycles. The Labute approximate surface area is 82.9 Å². The number of amides is 1. The first-order chi connectivity index (χ1) is 6.53. The molecule has 1 heterocycles. The summed E-state index contributed by atoms with van der Waals surface area (Å²) in [7, 11) is -1.64. The monoisotopic (exact) mass is 222 g/mol. The van der Waals surface area contributed by atoms with Gasteiger partial charge in [0.15, 0.2) is 9.84 Å². The van der Waals surface area contributed by atoms with E-state index in [4.69, 9.17) is 0 Å². The van der Waals surface area contributed by atoms with Crippen LogP contribution in [-0.2, 0) is 19.5 Å². The summed E-state index contributed by atoms with van der Waals surface area (Å²) in [5, 5.41) is 2.97. The average Bonchev–Trinajstić information content (AvgIpc) is 2.02. The van der Waals surface area contributed by atoms with Crippen molar-refractivity contribution in [3.05, 3.63) is 0 Å². The molecule has 1 aliphatic rings. The Morgan fingerprint density at radius 3 is 2.93 bits per heavy atom. The number of hydrogen-bond acceptors (Lipinski definition) is 5. The van der Waals surface area contributed by atoms with Crippen molar-refractivity contribution in [3.8, 4) is 0 Å². The van der Waals surface area contributed by atoms with Crippen molar-refractivity contribution in [2.24, 2.45) is 0 Å². The highest BCUT2D eigenvalue weighted by molar-refractivity contribution is 7.91. The fourth-order valence-corrected chi connectivity index (χ4v) is 2.82. The Kier molecular flexibility index (Phi) is 3.85. The second-order valence-corrected chi connectivity index (χ2v) is 5.43. The molecule has 0 aromatic heterocycles. The summed E-state index contributed by atoms with van der Waals surface area (Å²) in [5.41, 5.74) is 2.15. The first-order valence-electron chi connectivity index (χ1n) is 4.29. The number of carbonyl (C=O) groups excluding carboxylic acids is 1. The first kappa shape index (κ1) is 11.4. The van der Waals surface area contributed by atoms with Crippen LogP contribution >= 0.6 is 0 Å². The minimum atomic E-state index is -2.98. The number of rotatable bonds is 3. The molecular weight excluding hydrogens is 208 g/mol. The van der Waals surface area contributed by atoms with Crippen LogP contribution in [0, 0.1) is 0 Å². The van der Waals surface area contributed by atoms with Crippen molar-refractivity contribution in [3.63, 3.8) is 0 Å². The van der Waals surface area contributed by atoms with Gasteiger partial charge < -0.3 is 5.32 Å². The maximum Gasteiger partial charge on any atom is 0.245 e. The van der Waals surface area contributed by atoms with Crippen LogP contribution in [0.2, 0.25) is 0 Å². The lowest BCUT2D eigenvalue weighted by Crippen LogP contribution is -2.47. The highest BCUT2D eigenvalue weighted by atomic mass is 32.2. The number of carbonyl (C=O) groups is 1. The molecule has 1 amide bonds. The highest BCUT2D eigenvalue weighted by Gasteiger charge is 2.25. The van der Waals surface area contributed by atoms with E-state index < -0.39 is 9.84 Å². The summed E-state index contributed by atoms with van der Waals surface area (Å²) in [4.78, 5) is 15.5. The van der Waals surface area contributed by atoms with Crippen LogP contribution in [0.15, 0.2) is 0 Å². The van der Waals surface area contributed by atoms with Gasteiger partial charge in [-0.25, -0.2) is 13.9 Å². The third-order valence-corrected chi connectivity index (χ3v) is 3.69. The molecule has 0 bridgehead atoms. The summed E-state index contributed by atoms with van der Waals surface area (Å²) < 4.78 is 22.4. The largest absolute Gasteiger partial charge is 0.311 e. The molecule has 6 nitrogen and oxygen atoms in total. The summed E-state index contributed by atoms with van der Waals surface area (Å²) in [6, 6.07) is -0.302. The summed E-state index contributed by atoms with van der Waals surface area (Å²) in [6.45, 7) is 0.410. The van der Waals surface area contributed by atoms with E-state index in [1.54, 1.807) is 0 Å². The van der Waals surface area contributed by atoms with Gasteiger partial charge in [0.05, 0.1) is 18.6 Å². The lowest BCUT2D eigenvalue weighted by atomic mass is 10.2. The van der Waals surface area contributed by atoms with E-state index in [2.05, 4.69) is 15.6 Å². The van der Waals surface area contributed by atoms with Crippen molar-refractivity contribution in [1.82, 2.24) is 10.8 Å². The van der Waals surface area contributed by atoms with Crippen LogP contribution in [0.1, 0.15) is 6.42 Å². The van der Waals surface area contributed by atoms with Crippen LogP contribution in [0.4, 0.5) is 0 Å². The van der Waals surface area contributed by atoms with E-state index in [-0.39, 0.29) is 29.9 Å². The molecular formula is C7H14N2O4S. The van der Waals surface area contributed by atoms with E-state index in [9.17, 15) is 13.2 Å². The second kappa shape index (κ2) is 4.72. The molecule has 2 N–H and O–H groups in total. The molecule has 1 rings (SSSR count). The zero-order valence-corrected chi connectivity index (χ0v) is 8.76. The molecule has 0 aromatic rings. The maximum absolute atomic E-state index is 11.2. The smallest absolute Gasteiger partial charge is 0.245 e. The van der Waals surface area contributed by atoms with Crippen molar-refractivity contribution in [2.75, 3.05) is 25.2 Å². The molecule has 7 heteroatoms. The number of hydroxylamine groups is 1. The molecule has 1 unspecified atom stereocenters. The zero-order valence-electron chi connectivity index (χ0n) is 7.95. The van der Waals surface area contributed by atoms with Crippen molar-refractivity contribution < 1.29 is 18.0 Å². The van der Waals surface area contributed by atoms with Crippen molar-refractivity contribution >= 4 is 15.7 Å². The summed E-state index contributed by atoms with van der Waals surface area (Å²) in [6.07, 6.45) is 0.118. The van der Waals surface area contributed by atoms with Gasteiger partial charge in [-0.05, 0) is 0 Å². The minimum absolute atomic E-state index is 0.0180. The molecule has 1 aliphatic heterocycles. The van der Waals surface area contributed by atoms with Gasteiger partial charge in [-0.2, -0.15) is 0 Å². The third-order valence-electron chi connectivity index (χ3n) is 1.95. The molecule has 82 valence electrons. The SMILES string of the molecule is CONC(=O)CC1CS(=O)(=O)CCN1. The Hall–Kier alpha value is -0.660. The minimum Gasteiger partial charge on any atom is -0.311 e. The fraction of sp³-hybridized carbons (Fsp3) is 0.857. The van der Waals surface area contributed by atoms with E-state index in [1.807, 2.05) is 0 Å². The van der Waals surface area contributed by atoms with Gasteiger partial charge >= 0.3 is 0 Å². The molecule has 1 fully saturated rings. The van der Waals surface area contributed by atoms with Gasteiger partial charge in [-0.15, -0.1) is 0 Å². The van der Waals surface area contributed by atoms with E-state index >= 15 is 0 Å². The Morgan fingerprint density at radius 2 is 2.36 bits per heavy atom. The van der Waals surface area contributed by atoms with E-state index in [0.29, 0.717) is 6.54 Å². The maximum atomic E-state index is 11.2. The van der Waals surface area contributed by atoms with Crippen LogP contribution in [0.25, 0.3) is 0 Å². The predicted octanol–water partition coefficient (Wildman–Crippen LogP) is -1.56. The Morgan fingerprint density at radius 1 is 1.64 bits per heavy atom. The first-order valence-corrected chi connectivity index (χ1v) is 6.11. The van der Waals surface area contributed by atoms with Crippen LogP contribution in [0.3, 0.4) is 0 Å². The van der Waals surface area contributed by atoms with Gasteiger partial charge in [-0.1, -0.05) is 0 Å². The van der Waals surface area contributed by atoms with E-state index in [0.717, 1.165) is 0 Å². The number of sulfone groups is 1. The van der Waals surface area contributed by atoms with Crippen LogP contribution in [0.5, 0.6) is 0 Å². The Balaban J connectivity index is 2.42. The van der Waals surface area contributed by atoms with Gasteiger partial charge in [-0.3, -0.25) is 9.63 Å². The van der Waals surface area contributed by atoms with Gasteiger partial charge in [0.1, 0.15) is 0 Å². The van der Waals surface area contributed by atoms with Crippen molar-refractivity contribution in [2.45, 2.75) is 12.5 Å². The van der Waals surface area contributed by atoms with Crippen LogP contribution < -0.4 is 10.8 Å². The molecule has 1 atom stereocenters. The Bertz CT molecular complexity index is 301. The molecule has 0 spiro atoms. The normalized spacial score (nSPS) is 25.6. The van der Waals surface area contributed by atoms with Crippen LogP contribution in [-0.4, -0.2) is 45.5 Å². The second-order valence-electron chi connectivity index (χ2n) is 3.20. The lowest BCUT2D eigenvalue weighted by molar-refractivity contribution is -0.131. The molecule has 1 saturated heterocycles. The van der Waals surface area contributed by atoms with Gasteiger partial charge in [0, 0.05) is 19.0 Å². The standard InChI is InChI=1S/C7H14N2O4S/c1-13-9-7(10)4-6-5-14(11,12)3-2-8-6/h6,8H,2-5H2,1H3,(H,9,10). The summed E-state index contributed by atoms with van der Waals surface area (Å²) >= 11 is 0. The predicted molar refractivity (Wildman–Crippen MR) is 50.2 cm³/mol. The summed E-state index contributed by atoms with van der Waals surface area (Å²) in [5.74, 6) is -0.151. The van der Waals surface area contributed by atoms with Gasteiger partial charge in [0.25, 0.3) is 0 Å². The molecule has 0 radical (unpaired) electrons. The number of nitrogens with one attached hydrogen (secondary N) is 2. The topological polar surface area (TPSA) is 84.5 Å². The lowest BCUT2D eigenvalue weighted by Gasteiger charge is -2.22. The fourth-order valence-electron chi connectivity index (χ4n) is 1.38. The third kappa shape index (κ3) is 3.60. The van der Waals surface area contributed by atoms with Crippen molar-refractivity contribution in [1.29, 1.82) is 0 Å².